The summed E-state index contributed by atoms with van der Waals surface area (Å²) in [5.41, 5.74) is 5.85. The minimum atomic E-state index is -3.53. The molecule has 0 aromatic heterocycles. The summed E-state index contributed by atoms with van der Waals surface area (Å²) >= 11 is 0. The number of benzene rings is 1. The first-order valence-electron chi connectivity index (χ1n) is 5.46. The molecular weight excluding hydrogens is 256 g/mol. The van der Waals surface area contributed by atoms with Crippen molar-refractivity contribution in [2.45, 2.75) is 11.3 Å². The maximum absolute atomic E-state index is 11.6. The fourth-order valence-corrected chi connectivity index (χ4v) is 2.20. The molecule has 0 fully saturated rings. The number of nitrogens with one attached hydrogen (secondary N) is 1. The Morgan fingerprint density at radius 3 is 2.61 bits per heavy atom. The van der Waals surface area contributed by atoms with Crippen LogP contribution in [0.5, 0.6) is 5.75 Å². The fraction of sp³-hybridized carbons (Fsp3) is 0.455. The molecule has 0 aliphatic carbocycles. The van der Waals surface area contributed by atoms with Crippen LogP contribution < -0.4 is 15.2 Å². The first-order valence-corrected chi connectivity index (χ1v) is 6.94. The van der Waals surface area contributed by atoms with E-state index < -0.39 is 10.0 Å². The van der Waals surface area contributed by atoms with E-state index in [-0.39, 0.29) is 10.6 Å². The first-order chi connectivity index (χ1) is 8.51. The number of ether oxygens (including phenoxy) is 2. The van der Waals surface area contributed by atoms with Crippen LogP contribution in [0.25, 0.3) is 0 Å². The normalized spacial score (nSPS) is 11.4. The molecule has 102 valence electrons. The third-order valence-corrected chi connectivity index (χ3v) is 3.79. The average Bonchev–Trinajstić information content (AvgIpc) is 2.34. The lowest BCUT2D eigenvalue weighted by molar-refractivity contribution is 0.172. The van der Waals surface area contributed by atoms with Crippen LogP contribution in [0.2, 0.25) is 0 Å². The third-order valence-electron chi connectivity index (χ3n) is 2.30. The van der Waals surface area contributed by atoms with Crippen LogP contribution in [0, 0.1) is 0 Å². The summed E-state index contributed by atoms with van der Waals surface area (Å²) in [6.07, 6.45) is 0.757. The molecule has 1 aromatic rings. The van der Waals surface area contributed by atoms with Crippen LogP contribution in [-0.2, 0) is 14.8 Å². The van der Waals surface area contributed by atoms with E-state index in [1.165, 1.54) is 19.2 Å². The fourth-order valence-electron chi connectivity index (χ4n) is 1.36. The highest BCUT2D eigenvalue weighted by Crippen LogP contribution is 2.23. The number of sulfonamides is 1. The van der Waals surface area contributed by atoms with Crippen molar-refractivity contribution in [3.63, 3.8) is 0 Å². The van der Waals surface area contributed by atoms with Gasteiger partial charge in [0.25, 0.3) is 0 Å². The van der Waals surface area contributed by atoms with E-state index in [0.29, 0.717) is 19.0 Å². The number of nitrogens with two attached hydrogens (primary N) is 1. The predicted octanol–water partition coefficient (Wildman–Crippen LogP) is 0.592. The van der Waals surface area contributed by atoms with Gasteiger partial charge >= 0.3 is 0 Å². The van der Waals surface area contributed by atoms with Crippen LogP contribution in [0.15, 0.2) is 23.1 Å². The number of anilines is 1. The van der Waals surface area contributed by atoms with Gasteiger partial charge in [-0.2, -0.15) is 0 Å². The summed E-state index contributed by atoms with van der Waals surface area (Å²) in [4.78, 5) is 0.0502. The molecule has 0 heterocycles. The van der Waals surface area contributed by atoms with Gasteiger partial charge in [-0.15, -0.1) is 0 Å². The Balaban J connectivity index is 2.74. The Bertz CT molecular complexity index is 488. The van der Waals surface area contributed by atoms with E-state index in [1.807, 2.05) is 0 Å². The maximum Gasteiger partial charge on any atom is 0.242 e. The van der Waals surface area contributed by atoms with Gasteiger partial charge in [0.2, 0.25) is 10.0 Å². The van der Waals surface area contributed by atoms with E-state index in [9.17, 15) is 8.42 Å². The van der Waals surface area contributed by atoms with Crippen molar-refractivity contribution in [1.29, 1.82) is 0 Å². The predicted molar refractivity (Wildman–Crippen MR) is 69.1 cm³/mol. The largest absolute Gasteiger partial charge is 0.493 e. The lowest BCUT2D eigenvalue weighted by Crippen LogP contribution is -2.19. The number of rotatable bonds is 7. The zero-order valence-electron chi connectivity index (χ0n) is 10.5. The van der Waals surface area contributed by atoms with Gasteiger partial charge in [-0.25, -0.2) is 13.1 Å². The molecule has 0 radical (unpaired) electrons. The summed E-state index contributed by atoms with van der Waals surface area (Å²) in [5, 5.41) is 0. The Kier molecular flexibility index (Phi) is 5.39. The molecule has 3 N–H and O–H groups in total. The van der Waals surface area contributed by atoms with E-state index in [4.69, 9.17) is 15.2 Å². The van der Waals surface area contributed by atoms with Crippen molar-refractivity contribution < 1.29 is 17.9 Å². The maximum atomic E-state index is 11.6. The lowest BCUT2D eigenvalue weighted by Gasteiger charge is -2.10. The molecule has 0 saturated carbocycles. The minimum Gasteiger partial charge on any atom is -0.493 e. The van der Waals surface area contributed by atoms with Gasteiger partial charge < -0.3 is 15.2 Å². The Morgan fingerprint density at radius 2 is 2.06 bits per heavy atom. The van der Waals surface area contributed by atoms with Crippen LogP contribution in [0.4, 0.5) is 5.69 Å². The van der Waals surface area contributed by atoms with Crippen LogP contribution in [0.3, 0.4) is 0 Å². The molecule has 18 heavy (non-hydrogen) atoms. The first kappa shape index (κ1) is 14.7. The lowest BCUT2D eigenvalue weighted by atomic mass is 10.3. The monoisotopic (exact) mass is 274 g/mol. The van der Waals surface area contributed by atoms with Gasteiger partial charge in [0.1, 0.15) is 10.6 Å². The van der Waals surface area contributed by atoms with Crippen LogP contribution >= 0.6 is 0 Å². The van der Waals surface area contributed by atoms with Crippen molar-refractivity contribution in [2.75, 3.05) is 33.1 Å². The van der Waals surface area contributed by atoms with Crippen molar-refractivity contribution in [3.8, 4) is 5.75 Å². The molecule has 0 spiro atoms. The molecule has 0 aliphatic heterocycles. The van der Waals surface area contributed by atoms with Gasteiger partial charge in [0, 0.05) is 26.2 Å². The smallest absolute Gasteiger partial charge is 0.242 e. The summed E-state index contributed by atoms with van der Waals surface area (Å²) in [5.74, 6) is 0.540. The zero-order valence-corrected chi connectivity index (χ0v) is 11.3. The van der Waals surface area contributed by atoms with E-state index in [2.05, 4.69) is 4.72 Å². The molecule has 0 unspecified atom stereocenters. The van der Waals surface area contributed by atoms with E-state index in [1.54, 1.807) is 13.2 Å². The summed E-state index contributed by atoms with van der Waals surface area (Å²) < 4.78 is 35.7. The summed E-state index contributed by atoms with van der Waals surface area (Å²) in [6, 6.07) is 4.50. The van der Waals surface area contributed by atoms with Gasteiger partial charge in [-0.1, -0.05) is 0 Å². The number of methoxy groups -OCH3 is 1. The molecule has 0 amide bonds. The summed E-state index contributed by atoms with van der Waals surface area (Å²) in [6.45, 7) is 1.10. The Morgan fingerprint density at radius 1 is 1.33 bits per heavy atom. The van der Waals surface area contributed by atoms with E-state index in [0.717, 1.165) is 6.42 Å². The van der Waals surface area contributed by atoms with Crippen LogP contribution in [0.1, 0.15) is 6.42 Å². The molecule has 1 aromatic carbocycles. The summed E-state index contributed by atoms with van der Waals surface area (Å²) in [7, 11) is -0.568. The molecule has 0 atom stereocenters. The van der Waals surface area contributed by atoms with Crippen molar-refractivity contribution in [2.24, 2.45) is 0 Å². The molecule has 0 aliphatic rings. The van der Waals surface area contributed by atoms with E-state index >= 15 is 0 Å². The Labute approximate surface area is 107 Å². The molecule has 6 nitrogen and oxygen atoms in total. The van der Waals surface area contributed by atoms with Gasteiger partial charge in [0.05, 0.1) is 12.3 Å². The standard InChI is InChI=1S/C11H18N2O4S/c1-13-18(14,15)11-5-4-9(8-10(11)12)17-7-3-6-16-2/h4-5,8,13H,3,6-7,12H2,1-2H3. The number of hydrogen-bond acceptors (Lipinski definition) is 5. The van der Waals surface area contributed by atoms with Crippen LogP contribution in [-0.4, -0.2) is 35.8 Å². The molecule has 7 heteroatoms. The van der Waals surface area contributed by atoms with Crippen molar-refractivity contribution in [1.82, 2.24) is 4.72 Å². The average molecular weight is 274 g/mol. The zero-order chi connectivity index (χ0) is 13.6. The quantitative estimate of drug-likeness (QED) is 0.561. The Hall–Kier alpha value is -1.31. The van der Waals surface area contributed by atoms with Crippen molar-refractivity contribution >= 4 is 15.7 Å². The molecule has 0 bridgehead atoms. The highest BCUT2D eigenvalue weighted by molar-refractivity contribution is 7.89. The van der Waals surface area contributed by atoms with Gasteiger partial charge in [-0.05, 0) is 19.2 Å². The SMILES string of the molecule is CNS(=O)(=O)c1ccc(OCCCOC)cc1N. The third kappa shape index (κ3) is 3.86. The molecule has 1 rings (SSSR count). The van der Waals surface area contributed by atoms with Gasteiger partial charge in [0.15, 0.2) is 0 Å². The highest BCUT2D eigenvalue weighted by atomic mass is 32.2. The second-order valence-corrected chi connectivity index (χ2v) is 5.46. The second kappa shape index (κ2) is 6.58. The van der Waals surface area contributed by atoms with Crippen molar-refractivity contribution in [3.05, 3.63) is 18.2 Å². The van der Waals surface area contributed by atoms with Gasteiger partial charge in [-0.3, -0.25) is 0 Å². The molecule has 0 saturated heterocycles. The second-order valence-electron chi connectivity index (χ2n) is 3.60. The number of nitrogen functional groups attached to an aromatic ring is 1. The number of hydrogen-bond donors (Lipinski definition) is 2. The molecular formula is C11H18N2O4S. The minimum absolute atomic E-state index is 0.0502. The highest BCUT2D eigenvalue weighted by Gasteiger charge is 2.15. The topological polar surface area (TPSA) is 90.7 Å².